The average Bonchev–Trinajstić information content (AvgIpc) is 2.62. The average molecular weight is 212 g/mol. The van der Waals surface area contributed by atoms with Gasteiger partial charge in [0.2, 0.25) is 0 Å². The van der Waals surface area contributed by atoms with Crippen LogP contribution < -0.4 is 10.8 Å². The van der Waals surface area contributed by atoms with Gasteiger partial charge in [0.05, 0.1) is 18.4 Å². The highest BCUT2D eigenvalue weighted by Crippen LogP contribution is 2.03. The monoisotopic (exact) mass is 212 g/mol. The van der Waals surface area contributed by atoms with Crippen molar-refractivity contribution < 1.29 is 14.0 Å². The molecule has 1 aromatic rings. The molecule has 5 heteroatoms. The quantitative estimate of drug-likeness (QED) is 0.751. The highest BCUT2D eigenvalue weighted by Gasteiger charge is 2.12. The summed E-state index contributed by atoms with van der Waals surface area (Å²) in [7, 11) is 0. The van der Waals surface area contributed by atoms with Crippen molar-refractivity contribution in [1.29, 1.82) is 0 Å². The van der Waals surface area contributed by atoms with Gasteiger partial charge >= 0.3 is 6.03 Å². The van der Waals surface area contributed by atoms with Crippen LogP contribution in [0, 0.1) is 0 Å². The molecule has 1 rings (SSSR count). The summed E-state index contributed by atoms with van der Waals surface area (Å²) < 4.78 is 5.05. The lowest BCUT2D eigenvalue weighted by Crippen LogP contribution is -2.39. The molecule has 0 atom stereocenters. The zero-order chi connectivity index (χ0) is 11.3. The summed E-state index contributed by atoms with van der Waals surface area (Å²) in [6, 6.07) is 3.16. The molecule has 0 aromatic carbocycles. The maximum Gasteiger partial charge on any atom is 0.339 e. The topological polar surface area (TPSA) is 63.5 Å². The van der Waals surface area contributed by atoms with E-state index in [0.717, 1.165) is 0 Å². The van der Waals surface area contributed by atoms with Crippen LogP contribution in [0.3, 0.4) is 0 Å². The molecule has 84 valence electrons. The van der Waals surface area contributed by atoms with Crippen LogP contribution in [0.2, 0.25) is 0 Å². The lowest BCUT2D eigenvalue weighted by atomic mass is 10.2. The molecular weight excluding hydrogens is 196 g/mol. The summed E-state index contributed by atoms with van der Waals surface area (Å²) in [6.45, 7) is 5.88. The Morgan fingerprint density at radius 2 is 2.27 bits per heavy atom. The summed E-state index contributed by atoms with van der Waals surface area (Å²) in [5.74, 6) is 0.695. The van der Waals surface area contributed by atoms with Gasteiger partial charge in [-0.3, -0.25) is 4.84 Å². The van der Waals surface area contributed by atoms with Gasteiger partial charge in [-0.05, 0) is 32.9 Å². The fraction of sp³-hybridized carbons (Fsp3) is 0.500. The molecule has 0 spiro atoms. The van der Waals surface area contributed by atoms with E-state index in [2.05, 4.69) is 10.8 Å². The molecule has 0 radical (unpaired) electrons. The first-order chi connectivity index (χ1) is 6.97. The van der Waals surface area contributed by atoms with E-state index < -0.39 is 5.60 Å². The molecule has 0 unspecified atom stereocenters. The third-order valence-electron chi connectivity index (χ3n) is 1.45. The summed E-state index contributed by atoms with van der Waals surface area (Å²) in [5, 5.41) is 2.59. The maximum atomic E-state index is 11.2. The number of hydrogen-bond acceptors (Lipinski definition) is 3. The fourth-order valence-electron chi connectivity index (χ4n) is 0.816. The Morgan fingerprint density at radius 3 is 2.80 bits per heavy atom. The number of carbonyl (C=O) groups excluding carboxylic acids is 1. The Bertz CT molecular complexity index is 301. The Hall–Kier alpha value is -1.49. The molecule has 0 aliphatic rings. The van der Waals surface area contributed by atoms with Crippen LogP contribution in [0.15, 0.2) is 22.8 Å². The van der Waals surface area contributed by atoms with Crippen LogP contribution in [-0.2, 0) is 11.4 Å². The molecule has 0 aliphatic heterocycles. The van der Waals surface area contributed by atoms with Crippen molar-refractivity contribution in [2.45, 2.75) is 32.9 Å². The third kappa shape index (κ3) is 5.07. The molecule has 0 fully saturated rings. The van der Waals surface area contributed by atoms with Crippen LogP contribution in [-0.4, -0.2) is 11.6 Å². The van der Waals surface area contributed by atoms with Gasteiger partial charge in [-0.15, -0.1) is 0 Å². The summed E-state index contributed by atoms with van der Waals surface area (Å²) in [6.07, 6.45) is 1.56. The van der Waals surface area contributed by atoms with Crippen LogP contribution >= 0.6 is 0 Å². The molecule has 2 N–H and O–H groups in total. The SMILES string of the molecule is CC(C)(C)ONC(=O)NCc1ccco1. The molecule has 15 heavy (non-hydrogen) atoms. The van der Waals surface area contributed by atoms with E-state index in [9.17, 15) is 4.79 Å². The zero-order valence-electron chi connectivity index (χ0n) is 9.16. The predicted octanol–water partition coefficient (Wildman–Crippen LogP) is 1.81. The van der Waals surface area contributed by atoms with E-state index in [1.54, 1.807) is 18.4 Å². The standard InChI is InChI=1S/C10H16N2O3/c1-10(2,3)15-12-9(13)11-7-8-5-4-6-14-8/h4-6H,7H2,1-3H3,(H2,11,12,13). The third-order valence-corrected chi connectivity index (χ3v) is 1.45. The van der Waals surface area contributed by atoms with Crippen molar-refractivity contribution in [3.63, 3.8) is 0 Å². The van der Waals surface area contributed by atoms with Crippen molar-refractivity contribution in [3.8, 4) is 0 Å². The first-order valence-electron chi connectivity index (χ1n) is 4.71. The molecular formula is C10H16N2O3. The van der Waals surface area contributed by atoms with E-state index in [0.29, 0.717) is 12.3 Å². The number of rotatable bonds is 3. The van der Waals surface area contributed by atoms with E-state index >= 15 is 0 Å². The Kier molecular flexibility index (Phi) is 3.74. The van der Waals surface area contributed by atoms with E-state index in [-0.39, 0.29) is 6.03 Å². The number of amides is 2. The fourth-order valence-corrected chi connectivity index (χ4v) is 0.816. The Labute approximate surface area is 88.7 Å². The van der Waals surface area contributed by atoms with Gasteiger partial charge in [0.1, 0.15) is 5.76 Å². The molecule has 0 aliphatic carbocycles. The van der Waals surface area contributed by atoms with Crippen LogP contribution in [0.1, 0.15) is 26.5 Å². The number of hydroxylamine groups is 1. The molecule has 1 aromatic heterocycles. The largest absolute Gasteiger partial charge is 0.467 e. The van der Waals surface area contributed by atoms with Crippen LogP contribution in [0.4, 0.5) is 4.79 Å². The minimum atomic E-state index is -0.401. The van der Waals surface area contributed by atoms with Crippen molar-refractivity contribution >= 4 is 6.03 Å². The number of hydrogen-bond donors (Lipinski definition) is 2. The predicted molar refractivity (Wildman–Crippen MR) is 54.9 cm³/mol. The first kappa shape index (κ1) is 11.6. The highest BCUT2D eigenvalue weighted by molar-refractivity contribution is 5.72. The Morgan fingerprint density at radius 1 is 1.53 bits per heavy atom. The van der Waals surface area contributed by atoms with Crippen molar-refractivity contribution in [2.24, 2.45) is 0 Å². The minimum absolute atomic E-state index is 0.340. The van der Waals surface area contributed by atoms with Crippen molar-refractivity contribution in [3.05, 3.63) is 24.2 Å². The maximum absolute atomic E-state index is 11.2. The lowest BCUT2D eigenvalue weighted by molar-refractivity contribution is -0.0529. The molecule has 0 saturated carbocycles. The van der Waals surface area contributed by atoms with Crippen molar-refractivity contribution in [2.75, 3.05) is 0 Å². The smallest absolute Gasteiger partial charge is 0.339 e. The summed E-state index contributed by atoms with van der Waals surface area (Å²) in [4.78, 5) is 16.3. The van der Waals surface area contributed by atoms with Gasteiger partial charge < -0.3 is 9.73 Å². The summed E-state index contributed by atoms with van der Waals surface area (Å²) >= 11 is 0. The number of urea groups is 1. The molecule has 0 bridgehead atoms. The van der Waals surface area contributed by atoms with Gasteiger partial charge in [0, 0.05) is 0 Å². The zero-order valence-corrected chi connectivity index (χ0v) is 9.16. The Balaban J connectivity index is 2.20. The van der Waals surface area contributed by atoms with Gasteiger partial charge in [-0.25, -0.2) is 10.3 Å². The van der Waals surface area contributed by atoms with Gasteiger partial charge in [-0.1, -0.05) is 0 Å². The van der Waals surface area contributed by atoms with Crippen molar-refractivity contribution in [1.82, 2.24) is 10.8 Å². The van der Waals surface area contributed by atoms with E-state index in [1.165, 1.54) is 0 Å². The molecule has 5 nitrogen and oxygen atoms in total. The van der Waals surface area contributed by atoms with Gasteiger partial charge in [0.25, 0.3) is 0 Å². The van der Waals surface area contributed by atoms with E-state index in [4.69, 9.17) is 9.25 Å². The second kappa shape index (κ2) is 4.84. The number of carbonyl (C=O) groups is 1. The van der Waals surface area contributed by atoms with Crippen LogP contribution in [0.25, 0.3) is 0 Å². The number of nitrogens with one attached hydrogen (secondary N) is 2. The first-order valence-corrected chi connectivity index (χ1v) is 4.71. The lowest BCUT2D eigenvalue weighted by Gasteiger charge is -2.18. The normalized spacial score (nSPS) is 11.1. The van der Waals surface area contributed by atoms with E-state index in [1.807, 2.05) is 20.8 Å². The van der Waals surface area contributed by atoms with Gasteiger partial charge in [0.15, 0.2) is 0 Å². The van der Waals surface area contributed by atoms with Crippen LogP contribution in [0.5, 0.6) is 0 Å². The minimum Gasteiger partial charge on any atom is -0.467 e. The van der Waals surface area contributed by atoms with Gasteiger partial charge in [-0.2, -0.15) is 0 Å². The molecule has 2 amide bonds. The molecule has 0 saturated heterocycles. The molecule has 1 heterocycles. The second-order valence-corrected chi connectivity index (χ2v) is 4.08. The highest BCUT2D eigenvalue weighted by atomic mass is 16.7. The second-order valence-electron chi connectivity index (χ2n) is 4.08. The summed E-state index contributed by atoms with van der Waals surface area (Å²) in [5.41, 5.74) is 1.89. The number of furan rings is 1.